The standard InChI is InChI=1S/C17H20FNO3S/c1-13(8-9-14-6-4-3-5-7-14)19-23(20,21)17-12-15(18)10-11-16(17)22-2/h3-7,10-13,19H,8-9H2,1-2H3. The molecular weight excluding hydrogens is 317 g/mol. The number of nitrogens with one attached hydrogen (secondary N) is 1. The van der Waals surface area contributed by atoms with Crippen molar-refractivity contribution in [2.24, 2.45) is 0 Å². The van der Waals surface area contributed by atoms with Gasteiger partial charge in [0.25, 0.3) is 0 Å². The lowest BCUT2D eigenvalue weighted by atomic mass is 10.1. The Hall–Kier alpha value is -1.92. The van der Waals surface area contributed by atoms with Crippen molar-refractivity contribution in [3.8, 4) is 5.75 Å². The van der Waals surface area contributed by atoms with E-state index in [-0.39, 0.29) is 16.7 Å². The van der Waals surface area contributed by atoms with Gasteiger partial charge >= 0.3 is 0 Å². The van der Waals surface area contributed by atoms with Crippen LogP contribution in [0, 0.1) is 5.82 Å². The molecule has 0 heterocycles. The second-order valence-electron chi connectivity index (χ2n) is 5.34. The molecule has 6 heteroatoms. The monoisotopic (exact) mass is 337 g/mol. The lowest BCUT2D eigenvalue weighted by molar-refractivity contribution is 0.400. The predicted molar refractivity (Wildman–Crippen MR) is 87.5 cm³/mol. The highest BCUT2D eigenvalue weighted by Gasteiger charge is 2.22. The zero-order valence-corrected chi connectivity index (χ0v) is 13.9. The largest absolute Gasteiger partial charge is 0.495 e. The maximum absolute atomic E-state index is 13.4. The molecule has 0 aliphatic rings. The molecule has 0 spiro atoms. The smallest absolute Gasteiger partial charge is 0.244 e. The van der Waals surface area contributed by atoms with Crippen LogP contribution in [0.5, 0.6) is 5.75 Å². The van der Waals surface area contributed by atoms with E-state index in [1.54, 1.807) is 6.92 Å². The van der Waals surface area contributed by atoms with Crippen LogP contribution >= 0.6 is 0 Å². The molecule has 0 fully saturated rings. The van der Waals surface area contributed by atoms with Crippen molar-refractivity contribution < 1.29 is 17.5 Å². The summed E-state index contributed by atoms with van der Waals surface area (Å²) < 4.78 is 45.8. The van der Waals surface area contributed by atoms with Gasteiger partial charge in [-0.15, -0.1) is 0 Å². The van der Waals surface area contributed by atoms with Gasteiger partial charge in [-0.25, -0.2) is 17.5 Å². The third-order valence-corrected chi connectivity index (χ3v) is 5.09. The first-order chi connectivity index (χ1) is 10.9. The van der Waals surface area contributed by atoms with Crippen molar-refractivity contribution in [1.29, 1.82) is 0 Å². The second kappa shape index (κ2) is 7.57. The minimum atomic E-state index is -3.84. The molecule has 0 aliphatic carbocycles. The van der Waals surface area contributed by atoms with Gasteiger partial charge in [0.1, 0.15) is 16.5 Å². The van der Waals surface area contributed by atoms with Gasteiger partial charge in [-0.1, -0.05) is 30.3 Å². The Morgan fingerprint density at radius 1 is 1.17 bits per heavy atom. The van der Waals surface area contributed by atoms with E-state index in [2.05, 4.69) is 4.72 Å². The average molecular weight is 337 g/mol. The maximum atomic E-state index is 13.4. The van der Waals surface area contributed by atoms with Crippen LogP contribution in [0.4, 0.5) is 4.39 Å². The number of halogens is 1. The van der Waals surface area contributed by atoms with Crippen LogP contribution in [0.3, 0.4) is 0 Å². The quantitative estimate of drug-likeness (QED) is 0.844. The fraction of sp³-hybridized carbons (Fsp3) is 0.294. The van der Waals surface area contributed by atoms with Crippen LogP contribution in [0.25, 0.3) is 0 Å². The second-order valence-corrected chi connectivity index (χ2v) is 7.02. The van der Waals surface area contributed by atoms with E-state index in [9.17, 15) is 12.8 Å². The lowest BCUT2D eigenvalue weighted by Gasteiger charge is -2.16. The van der Waals surface area contributed by atoms with Gasteiger partial charge in [0.2, 0.25) is 10.0 Å². The number of hydrogen-bond acceptors (Lipinski definition) is 3. The van der Waals surface area contributed by atoms with E-state index in [1.165, 1.54) is 13.2 Å². The highest BCUT2D eigenvalue weighted by Crippen LogP contribution is 2.24. The lowest BCUT2D eigenvalue weighted by Crippen LogP contribution is -2.33. The minimum Gasteiger partial charge on any atom is -0.495 e. The van der Waals surface area contributed by atoms with Gasteiger partial charge in [0, 0.05) is 6.04 Å². The summed E-state index contributed by atoms with van der Waals surface area (Å²) >= 11 is 0. The first-order valence-electron chi connectivity index (χ1n) is 7.32. The van der Waals surface area contributed by atoms with Gasteiger partial charge in [-0.05, 0) is 43.5 Å². The van der Waals surface area contributed by atoms with Crippen molar-refractivity contribution in [3.05, 3.63) is 59.9 Å². The van der Waals surface area contributed by atoms with Gasteiger partial charge in [0.15, 0.2) is 0 Å². The van der Waals surface area contributed by atoms with Crippen molar-refractivity contribution in [2.45, 2.75) is 30.7 Å². The van der Waals surface area contributed by atoms with E-state index < -0.39 is 15.8 Å². The molecule has 23 heavy (non-hydrogen) atoms. The zero-order valence-electron chi connectivity index (χ0n) is 13.1. The van der Waals surface area contributed by atoms with Crippen molar-refractivity contribution in [3.63, 3.8) is 0 Å². The van der Waals surface area contributed by atoms with Gasteiger partial charge in [-0.3, -0.25) is 0 Å². The molecule has 1 N–H and O–H groups in total. The van der Waals surface area contributed by atoms with Crippen LogP contribution in [-0.2, 0) is 16.4 Å². The third kappa shape index (κ3) is 4.77. The molecular formula is C17H20FNO3S. The Kier molecular flexibility index (Phi) is 5.74. The molecule has 2 aromatic rings. The minimum absolute atomic E-state index is 0.120. The van der Waals surface area contributed by atoms with Gasteiger partial charge in [-0.2, -0.15) is 0 Å². The summed E-state index contributed by atoms with van der Waals surface area (Å²) in [5, 5.41) is 0. The Balaban J connectivity index is 2.07. The van der Waals surface area contributed by atoms with Crippen molar-refractivity contribution in [1.82, 2.24) is 4.72 Å². The third-order valence-electron chi connectivity index (χ3n) is 3.48. The molecule has 0 radical (unpaired) electrons. The van der Waals surface area contributed by atoms with Crippen LogP contribution in [0.15, 0.2) is 53.4 Å². The number of sulfonamides is 1. The van der Waals surface area contributed by atoms with Crippen LogP contribution in [0.1, 0.15) is 18.9 Å². The highest BCUT2D eigenvalue weighted by atomic mass is 32.2. The number of benzene rings is 2. The van der Waals surface area contributed by atoms with Crippen LogP contribution < -0.4 is 9.46 Å². The Bertz CT molecular complexity index is 748. The first-order valence-corrected chi connectivity index (χ1v) is 8.80. The van der Waals surface area contributed by atoms with E-state index in [0.29, 0.717) is 6.42 Å². The molecule has 124 valence electrons. The molecule has 0 aliphatic heterocycles. The summed E-state index contributed by atoms with van der Waals surface area (Å²) in [4.78, 5) is -0.188. The Morgan fingerprint density at radius 3 is 2.52 bits per heavy atom. The van der Waals surface area contributed by atoms with E-state index in [0.717, 1.165) is 24.1 Å². The fourth-order valence-corrected chi connectivity index (χ4v) is 3.73. The summed E-state index contributed by atoms with van der Waals surface area (Å²) in [6.45, 7) is 1.78. The summed E-state index contributed by atoms with van der Waals surface area (Å²) in [5.41, 5.74) is 1.14. The first kappa shape index (κ1) is 17.4. The number of ether oxygens (including phenoxy) is 1. The van der Waals surface area contributed by atoms with E-state index >= 15 is 0 Å². The Morgan fingerprint density at radius 2 is 1.87 bits per heavy atom. The van der Waals surface area contributed by atoms with Crippen LogP contribution in [0.2, 0.25) is 0 Å². The predicted octanol–water partition coefficient (Wildman–Crippen LogP) is 3.13. The summed E-state index contributed by atoms with van der Waals surface area (Å²) in [6.07, 6.45) is 1.39. The summed E-state index contributed by atoms with van der Waals surface area (Å²) in [6, 6.07) is 13.0. The SMILES string of the molecule is COc1ccc(F)cc1S(=O)(=O)NC(C)CCc1ccccc1. The number of aryl methyl sites for hydroxylation is 1. The van der Waals surface area contributed by atoms with Gasteiger partial charge < -0.3 is 4.74 Å². The maximum Gasteiger partial charge on any atom is 0.244 e. The molecule has 0 bridgehead atoms. The highest BCUT2D eigenvalue weighted by molar-refractivity contribution is 7.89. The number of hydrogen-bond donors (Lipinski definition) is 1. The normalized spacial score (nSPS) is 12.8. The average Bonchev–Trinajstić information content (AvgIpc) is 2.53. The van der Waals surface area contributed by atoms with E-state index in [1.807, 2.05) is 30.3 Å². The molecule has 0 saturated heterocycles. The topological polar surface area (TPSA) is 55.4 Å². The van der Waals surface area contributed by atoms with Crippen molar-refractivity contribution >= 4 is 10.0 Å². The van der Waals surface area contributed by atoms with Crippen molar-refractivity contribution in [2.75, 3.05) is 7.11 Å². The number of methoxy groups -OCH3 is 1. The van der Waals surface area contributed by atoms with Gasteiger partial charge in [0.05, 0.1) is 7.11 Å². The molecule has 1 unspecified atom stereocenters. The molecule has 0 aromatic heterocycles. The van der Waals surface area contributed by atoms with Crippen LogP contribution in [-0.4, -0.2) is 21.6 Å². The molecule has 0 amide bonds. The Labute approximate surface area is 136 Å². The molecule has 2 rings (SSSR count). The van der Waals surface area contributed by atoms with E-state index in [4.69, 9.17) is 4.74 Å². The summed E-state index contributed by atoms with van der Waals surface area (Å²) in [5.74, 6) is -0.503. The number of rotatable bonds is 7. The molecule has 0 saturated carbocycles. The summed E-state index contributed by atoms with van der Waals surface area (Å²) in [7, 11) is -2.49. The molecule has 2 aromatic carbocycles. The molecule has 1 atom stereocenters. The fourth-order valence-electron chi connectivity index (χ4n) is 2.28. The zero-order chi connectivity index (χ0) is 16.9. The molecule has 4 nitrogen and oxygen atoms in total.